The Labute approximate surface area is 231 Å². The summed E-state index contributed by atoms with van der Waals surface area (Å²) in [5.74, 6) is 0. The Morgan fingerprint density at radius 3 is 1.23 bits per heavy atom. The molecule has 5 heteroatoms. The molecule has 0 amide bonds. The summed E-state index contributed by atoms with van der Waals surface area (Å²) < 4.78 is 0. The van der Waals surface area contributed by atoms with Crippen LogP contribution >= 0.6 is 58.2 Å². The van der Waals surface area contributed by atoms with Gasteiger partial charge in [0.1, 0.15) is 0 Å². The van der Waals surface area contributed by atoms with E-state index in [4.69, 9.17) is 46.4 Å². The van der Waals surface area contributed by atoms with Crippen LogP contribution in [0.5, 0.6) is 0 Å². The van der Waals surface area contributed by atoms with E-state index in [9.17, 15) is 0 Å². The molecule has 0 radical (unpaired) electrons. The first-order valence-electron chi connectivity index (χ1n) is 11.0. The zero-order valence-corrected chi connectivity index (χ0v) is 22.5. The van der Waals surface area contributed by atoms with Crippen LogP contribution in [0.1, 0.15) is 32.8 Å². The lowest BCUT2D eigenvalue weighted by Crippen LogP contribution is -1.98. The number of hydrogen-bond acceptors (Lipinski definition) is 1. The molecule has 4 aromatic rings. The van der Waals surface area contributed by atoms with Gasteiger partial charge in [0.25, 0.3) is 0 Å². The van der Waals surface area contributed by atoms with Gasteiger partial charge in [-0.3, -0.25) is 0 Å². The van der Waals surface area contributed by atoms with Gasteiger partial charge in [-0.25, -0.2) is 0 Å². The fourth-order valence-electron chi connectivity index (χ4n) is 3.56. The molecule has 0 saturated heterocycles. The van der Waals surface area contributed by atoms with Crippen LogP contribution in [0.15, 0.2) is 109 Å². The lowest BCUT2D eigenvalue weighted by molar-refractivity contribution is 1.17. The Kier molecular flexibility index (Phi) is 9.43. The van der Waals surface area contributed by atoms with E-state index >= 15 is 0 Å². The van der Waals surface area contributed by atoms with Crippen molar-refractivity contribution in [3.8, 4) is 0 Å². The first-order valence-corrected chi connectivity index (χ1v) is 13.5. The molecule has 0 fully saturated rings. The van der Waals surface area contributed by atoms with Gasteiger partial charge in [-0.2, -0.15) is 0 Å². The summed E-state index contributed by atoms with van der Waals surface area (Å²) in [7, 11) is 0. The predicted octanol–water partition coefficient (Wildman–Crippen LogP) is 11.2. The van der Waals surface area contributed by atoms with Crippen LogP contribution in [0, 0.1) is 0 Å². The Balaban J connectivity index is 1.71. The van der Waals surface area contributed by atoms with E-state index in [-0.39, 0.29) is 10.5 Å². The molecule has 0 aliphatic rings. The second-order valence-electron chi connectivity index (χ2n) is 7.84. The van der Waals surface area contributed by atoms with Gasteiger partial charge < -0.3 is 0 Å². The van der Waals surface area contributed by atoms with Crippen molar-refractivity contribution in [2.75, 3.05) is 0 Å². The summed E-state index contributed by atoms with van der Waals surface area (Å²) in [5, 5.41) is 2.84. The number of hydrogen-bond donors (Lipinski definition) is 0. The Morgan fingerprint density at radius 2 is 0.857 bits per heavy atom. The van der Waals surface area contributed by atoms with E-state index in [1.165, 1.54) is 0 Å². The maximum absolute atomic E-state index is 6.65. The molecule has 0 aliphatic heterocycles. The predicted molar refractivity (Wildman–Crippen MR) is 157 cm³/mol. The van der Waals surface area contributed by atoms with Crippen LogP contribution < -0.4 is 0 Å². The third kappa shape index (κ3) is 7.43. The van der Waals surface area contributed by atoms with Crippen molar-refractivity contribution in [1.29, 1.82) is 0 Å². The molecular weight excluding hydrogens is 534 g/mol. The van der Waals surface area contributed by atoms with Crippen molar-refractivity contribution in [3.05, 3.63) is 152 Å². The summed E-state index contributed by atoms with van der Waals surface area (Å²) in [6.45, 7) is 0. The lowest BCUT2D eigenvalue weighted by atomic mass is 10.1. The van der Waals surface area contributed by atoms with Gasteiger partial charge in [-0.05, 0) is 58.7 Å². The van der Waals surface area contributed by atoms with Crippen molar-refractivity contribution in [3.63, 3.8) is 0 Å². The molecule has 4 aromatic carbocycles. The minimum absolute atomic E-state index is 0.0180. The third-order valence-electron chi connectivity index (χ3n) is 5.38. The highest BCUT2D eigenvalue weighted by Gasteiger charge is 2.20. The number of halogens is 4. The average molecular weight is 556 g/mol. The van der Waals surface area contributed by atoms with Gasteiger partial charge in [-0.15, -0.1) is 11.8 Å². The molecule has 0 aromatic heterocycles. The molecule has 0 nitrogen and oxygen atoms in total. The summed E-state index contributed by atoms with van der Waals surface area (Å²) in [5.41, 5.74) is 4.22. The van der Waals surface area contributed by atoms with Crippen molar-refractivity contribution >= 4 is 70.3 Å². The fourth-order valence-corrected chi connectivity index (χ4v) is 5.81. The van der Waals surface area contributed by atoms with Gasteiger partial charge in [0.15, 0.2) is 0 Å². The van der Waals surface area contributed by atoms with Gasteiger partial charge >= 0.3 is 0 Å². The van der Waals surface area contributed by atoms with Crippen molar-refractivity contribution in [2.45, 2.75) is 10.5 Å². The van der Waals surface area contributed by atoms with Gasteiger partial charge in [0, 0.05) is 20.1 Å². The van der Waals surface area contributed by atoms with Gasteiger partial charge in [0.05, 0.1) is 10.5 Å². The zero-order valence-electron chi connectivity index (χ0n) is 18.6. The molecule has 35 heavy (non-hydrogen) atoms. The highest BCUT2D eigenvalue weighted by atomic mass is 35.5. The summed E-state index contributed by atoms with van der Waals surface area (Å²) >= 11 is 27.2. The summed E-state index contributed by atoms with van der Waals surface area (Å²) in [6.07, 6.45) is 8.55. The van der Waals surface area contributed by atoms with Crippen LogP contribution in [0.25, 0.3) is 12.2 Å². The first-order chi connectivity index (χ1) is 17.0. The molecule has 176 valence electrons. The Hall–Kier alpha value is -2.13. The normalized spacial score (nSPS) is 13.4. The minimum Gasteiger partial charge on any atom is -0.137 e. The third-order valence-corrected chi connectivity index (χ3v) is 7.98. The van der Waals surface area contributed by atoms with E-state index in [1.54, 1.807) is 11.8 Å². The van der Waals surface area contributed by atoms with E-state index in [2.05, 4.69) is 36.4 Å². The maximum Gasteiger partial charge on any atom is 0.0504 e. The molecule has 0 aliphatic carbocycles. The van der Waals surface area contributed by atoms with E-state index in [0.717, 1.165) is 32.3 Å². The van der Waals surface area contributed by atoms with Crippen LogP contribution in [0.4, 0.5) is 0 Å². The SMILES string of the molecule is Clc1ccc(C=CC(SC(C=Cc2ccc(Cl)cc2)c2ccccc2Cl)c2ccccc2Cl)cc1. The highest BCUT2D eigenvalue weighted by molar-refractivity contribution is 8.00. The molecule has 0 bridgehead atoms. The minimum atomic E-state index is -0.0180. The second-order valence-corrected chi connectivity index (χ2v) is 10.8. The van der Waals surface area contributed by atoms with Crippen LogP contribution in [-0.2, 0) is 0 Å². The van der Waals surface area contributed by atoms with Gasteiger partial charge in [0.2, 0.25) is 0 Å². The van der Waals surface area contributed by atoms with E-state index in [1.807, 2.05) is 84.9 Å². The zero-order chi connectivity index (χ0) is 24.6. The fraction of sp³-hybridized carbons (Fsp3) is 0.0667. The van der Waals surface area contributed by atoms with Gasteiger partial charge in [-0.1, -0.05) is 131 Å². The molecule has 2 unspecified atom stereocenters. The van der Waals surface area contributed by atoms with Crippen LogP contribution in [0.2, 0.25) is 20.1 Å². The molecule has 0 heterocycles. The van der Waals surface area contributed by atoms with E-state index < -0.39 is 0 Å². The first kappa shape index (κ1) is 25.9. The topological polar surface area (TPSA) is 0 Å². The Morgan fingerprint density at radius 1 is 0.486 bits per heavy atom. The molecule has 2 atom stereocenters. The molecular formula is C30H22Cl4S. The molecule has 4 rings (SSSR count). The van der Waals surface area contributed by atoms with Crippen LogP contribution in [-0.4, -0.2) is 0 Å². The summed E-state index contributed by atoms with van der Waals surface area (Å²) in [4.78, 5) is 0. The Bertz CT molecular complexity index is 1210. The lowest BCUT2D eigenvalue weighted by Gasteiger charge is -2.22. The number of benzene rings is 4. The average Bonchev–Trinajstić information content (AvgIpc) is 2.87. The monoisotopic (exact) mass is 554 g/mol. The van der Waals surface area contributed by atoms with Crippen molar-refractivity contribution in [1.82, 2.24) is 0 Å². The maximum atomic E-state index is 6.65. The second kappa shape index (κ2) is 12.7. The number of rotatable bonds is 8. The number of thioether (sulfide) groups is 1. The van der Waals surface area contributed by atoms with Crippen LogP contribution in [0.3, 0.4) is 0 Å². The molecule has 0 saturated carbocycles. The molecule has 0 spiro atoms. The standard InChI is InChI=1S/C30H22Cl4S/c31-23-15-9-21(10-16-23)13-19-29(25-5-1-3-7-27(25)33)35-30(26-6-2-4-8-28(26)34)20-14-22-11-17-24(32)18-12-22/h1-20,29-30H. The van der Waals surface area contributed by atoms with Crippen molar-refractivity contribution in [2.24, 2.45) is 0 Å². The molecule has 0 N–H and O–H groups in total. The van der Waals surface area contributed by atoms with Crippen molar-refractivity contribution < 1.29 is 0 Å². The highest BCUT2D eigenvalue weighted by Crippen LogP contribution is 2.46. The summed E-state index contributed by atoms with van der Waals surface area (Å²) in [6, 6.07) is 31.5. The van der Waals surface area contributed by atoms with E-state index in [0.29, 0.717) is 10.0 Å². The smallest absolute Gasteiger partial charge is 0.0504 e. The largest absolute Gasteiger partial charge is 0.137 e. The quantitative estimate of drug-likeness (QED) is 0.208.